The molecule has 0 unspecified atom stereocenters. The molecule has 2 aliphatic rings. The number of carbonyl (C=O) groups excluding carboxylic acids is 3. The van der Waals surface area contributed by atoms with Crippen LogP contribution in [0.25, 0.3) is 0 Å². The highest BCUT2D eigenvalue weighted by atomic mass is 35.5. The average molecular weight is 506 g/mol. The van der Waals surface area contributed by atoms with Gasteiger partial charge in [0, 0.05) is 47.5 Å². The van der Waals surface area contributed by atoms with Gasteiger partial charge in [-0.2, -0.15) is 0 Å². The number of hydrogen-bond acceptors (Lipinski definition) is 5. The molecule has 10 heteroatoms. The van der Waals surface area contributed by atoms with Crippen LogP contribution in [0.3, 0.4) is 0 Å². The second-order valence-corrected chi connectivity index (χ2v) is 9.15. The van der Waals surface area contributed by atoms with E-state index in [9.17, 15) is 14.4 Å². The molecule has 4 rings (SSSR count). The van der Waals surface area contributed by atoms with Crippen LogP contribution in [0.5, 0.6) is 5.75 Å². The van der Waals surface area contributed by atoms with E-state index in [1.807, 2.05) is 0 Å². The molecule has 2 heterocycles. The molecule has 2 atom stereocenters. The maximum Gasteiger partial charge on any atom is 0.262 e. The fourth-order valence-corrected chi connectivity index (χ4v) is 4.52. The van der Waals surface area contributed by atoms with E-state index >= 15 is 0 Å². The Morgan fingerprint density at radius 3 is 2.53 bits per heavy atom. The minimum absolute atomic E-state index is 0.0649. The summed E-state index contributed by atoms with van der Waals surface area (Å²) in [6.07, 6.45) is 2.19. The van der Waals surface area contributed by atoms with Crippen LogP contribution >= 0.6 is 23.2 Å². The van der Waals surface area contributed by atoms with E-state index in [1.54, 1.807) is 47.4 Å². The van der Waals surface area contributed by atoms with Crippen LogP contribution in [0.2, 0.25) is 10.0 Å². The van der Waals surface area contributed by atoms with Crippen molar-refractivity contribution < 1.29 is 23.9 Å². The zero-order valence-electron chi connectivity index (χ0n) is 18.4. The standard InChI is InChI=1S/C24H25Cl2N3O5/c25-16-9-17(26)11-18(10-16)28-22(30)14-34-20-5-3-19(4-6-20)29-13-15(8-23(29)31)24(32)27-12-21-2-1-7-33-21/h3-6,9-11,15,21H,1-2,7-8,12-14H2,(H,27,32)(H,28,30)/t15-,21+/m0/s1. The number of carbonyl (C=O) groups is 3. The minimum atomic E-state index is -0.395. The third-order valence-corrected chi connectivity index (χ3v) is 6.12. The molecule has 2 N–H and O–H groups in total. The third-order valence-electron chi connectivity index (χ3n) is 5.69. The second kappa shape index (κ2) is 11.1. The van der Waals surface area contributed by atoms with Crippen LogP contribution in [0.1, 0.15) is 19.3 Å². The van der Waals surface area contributed by atoms with Crippen LogP contribution in [-0.4, -0.2) is 50.1 Å². The van der Waals surface area contributed by atoms with Crippen molar-refractivity contribution >= 4 is 52.3 Å². The number of benzene rings is 2. The van der Waals surface area contributed by atoms with E-state index in [0.29, 0.717) is 40.3 Å². The van der Waals surface area contributed by atoms with E-state index in [-0.39, 0.29) is 36.9 Å². The van der Waals surface area contributed by atoms with Gasteiger partial charge in [-0.1, -0.05) is 23.2 Å². The van der Waals surface area contributed by atoms with Gasteiger partial charge >= 0.3 is 0 Å². The fourth-order valence-electron chi connectivity index (χ4n) is 3.99. The molecular formula is C24H25Cl2N3O5. The van der Waals surface area contributed by atoms with Crippen molar-refractivity contribution in [2.75, 3.05) is 36.5 Å². The molecule has 0 spiro atoms. The number of anilines is 2. The Kier molecular flexibility index (Phi) is 7.92. The van der Waals surface area contributed by atoms with E-state index < -0.39 is 5.92 Å². The molecule has 0 aromatic heterocycles. The summed E-state index contributed by atoms with van der Waals surface area (Å²) in [7, 11) is 0. The first-order valence-corrected chi connectivity index (χ1v) is 11.8. The summed E-state index contributed by atoms with van der Waals surface area (Å²) in [5.74, 6) is -0.521. The highest BCUT2D eigenvalue weighted by Gasteiger charge is 2.35. The van der Waals surface area contributed by atoms with Crippen molar-refractivity contribution in [1.29, 1.82) is 0 Å². The van der Waals surface area contributed by atoms with E-state index in [0.717, 1.165) is 19.4 Å². The lowest BCUT2D eigenvalue weighted by atomic mass is 10.1. The Hall–Kier alpha value is -2.81. The summed E-state index contributed by atoms with van der Waals surface area (Å²) in [4.78, 5) is 38.7. The highest BCUT2D eigenvalue weighted by molar-refractivity contribution is 6.35. The monoisotopic (exact) mass is 505 g/mol. The van der Waals surface area contributed by atoms with Crippen molar-refractivity contribution in [2.45, 2.75) is 25.4 Å². The topological polar surface area (TPSA) is 97.0 Å². The Labute approximate surface area is 207 Å². The molecule has 0 bridgehead atoms. The molecule has 3 amide bonds. The summed E-state index contributed by atoms with van der Waals surface area (Å²) in [6, 6.07) is 11.6. The zero-order valence-corrected chi connectivity index (χ0v) is 19.9. The molecule has 2 fully saturated rings. The first-order chi connectivity index (χ1) is 16.4. The summed E-state index contributed by atoms with van der Waals surface area (Å²) in [5.41, 5.74) is 1.15. The van der Waals surface area contributed by atoms with Gasteiger partial charge in [0.15, 0.2) is 6.61 Å². The van der Waals surface area contributed by atoms with Crippen molar-refractivity contribution in [3.8, 4) is 5.75 Å². The summed E-state index contributed by atoms with van der Waals surface area (Å²) in [5, 5.41) is 6.40. The van der Waals surface area contributed by atoms with Gasteiger partial charge in [-0.25, -0.2) is 0 Å². The number of nitrogens with one attached hydrogen (secondary N) is 2. The van der Waals surface area contributed by atoms with Crippen LogP contribution in [0.15, 0.2) is 42.5 Å². The molecule has 2 saturated heterocycles. The number of nitrogens with zero attached hydrogens (tertiary/aromatic N) is 1. The van der Waals surface area contributed by atoms with Gasteiger partial charge in [0.05, 0.1) is 12.0 Å². The normalized spacial score (nSPS) is 19.8. The zero-order chi connectivity index (χ0) is 24.1. The minimum Gasteiger partial charge on any atom is -0.484 e. The molecule has 2 aliphatic heterocycles. The van der Waals surface area contributed by atoms with Gasteiger partial charge in [0.2, 0.25) is 11.8 Å². The molecular weight excluding hydrogens is 481 g/mol. The lowest BCUT2D eigenvalue weighted by Crippen LogP contribution is -2.37. The predicted octanol–water partition coefficient (Wildman–Crippen LogP) is 3.66. The fraction of sp³-hybridized carbons (Fsp3) is 0.375. The number of ether oxygens (including phenoxy) is 2. The van der Waals surface area contributed by atoms with Crippen molar-refractivity contribution in [3.63, 3.8) is 0 Å². The summed E-state index contributed by atoms with van der Waals surface area (Å²) in [6.45, 7) is 1.32. The molecule has 0 aliphatic carbocycles. The molecule has 8 nitrogen and oxygen atoms in total. The third kappa shape index (κ3) is 6.40. The smallest absolute Gasteiger partial charge is 0.262 e. The molecule has 0 radical (unpaired) electrons. The summed E-state index contributed by atoms with van der Waals surface area (Å²) < 4.78 is 11.1. The number of rotatable bonds is 8. The van der Waals surface area contributed by atoms with E-state index in [4.69, 9.17) is 32.7 Å². The lowest BCUT2D eigenvalue weighted by Gasteiger charge is -2.18. The maximum absolute atomic E-state index is 12.5. The Morgan fingerprint density at radius 2 is 1.85 bits per heavy atom. The molecule has 0 saturated carbocycles. The summed E-state index contributed by atoms with van der Waals surface area (Å²) >= 11 is 11.9. The van der Waals surface area contributed by atoms with Crippen LogP contribution in [0.4, 0.5) is 11.4 Å². The van der Waals surface area contributed by atoms with Crippen molar-refractivity contribution in [2.24, 2.45) is 5.92 Å². The average Bonchev–Trinajstić information content (AvgIpc) is 3.45. The molecule has 180 valence electrons. The number of amides is 3. The molecule has 34 heavy (non-hydrogen) atoms. The van der Waals surface area contributed by atoms with Gasteiger partial charge in [-0.05, 0) is 55.3 Å². The van der Waals surface area contributed by atoms with Gasteiger partial charge in [-0.15, -0.1) is 0 Å². The largest absolute Gasteiger partial charge is 0.484 e. The SMILES string of the molecule is O=C(COc1ccc(N2C[C@@H](C(=O)NC[C@H]3CCCO3)CC2=O)cc1)Nc1cc(Cl)cc(Cl)c1. The lowest BCUT2D eigenvalue weighted by molar-refractivity contribution is -0.126. The number of hydrogen-bond donors (Lipinski definition) is 2. The first-order valence-electron chi connectivity index (χ1n) is 11.1. The van der Waals surface area contributed by atoms with Crippen LogP contribution in [0, 0.1) is 5.92 Å². The van der Waals surface area contributed by atoms with Gasteiger partial charge in [0.1, 0.15) is 5.75 Å². The maximum atomic E-state index is 12.5. The molecule has 2 aromatic carbocycles. The van der Waals surface area contributed by atoms with E-state index in [1.165, 1.54) is 0 Å². The second-order valence-electron chi connectivity index (χ2n) is 8.27. The van der Waals surface area contributed by atoms with Crippen molar-refractivity contribution in [3.05, 3.63) is 52.5 Å². The van der Waals surface area contributed by atoms with Gasteiger partial charge in [-0.3, -0.25) is 14.4 Å². The quantitative estimate of drug-likeness (QED) is 0.570. The van der Waals surface area contributed by atoms with Crippen molar-refractivity contribution in [1.82, 2.24) is 5.32 Å². The van der Waals surface area contributed by atoms with Gasteiger partial charge < -0.3 is 25.0 Å². The number of halogens is 2. The first kappa shape index (κ1) is 24.3. The Morgan fingerprint density at radius 1 is 1.12 bits per heavy atom. The highest BCUT2D eigenvalue weighted by Crippen LogP contribution is 2.27. The van der Waals surface area contributed by atoms with Crippen LogP contribution < -0.4 is 20.3 Å². The predicted molar refractivity (Wildman–Crippen MR) is 129 cm³/mol. The van der Waals surface area contributed by atoms with E-state index in [2.05, 4.69) is 10.6 Å². The molecule has 2 aromatic rings. The Bertz CT molecular complexity index is 1040. The Balaban J connectivity index is 1.26. The van der Waals surface area contributed by atoms with Crippen LogP contribution in [-0.2, 0) is 19.1 Å². The van der Waals surface area contributed by atoms with Gasteiger partial charge in [0.25, 0.3) is 5.91 Å².